The second-order valence-electron chi connectivity index (χ2n) is 3.46. The van der Waals surface area contributed by atoms with Gasteiger partial charge in [0.2, 0.25) is 5.95 Å². The number of ether oxygens (including phenoxy) is 1. The normalized spacial score (nSPS) is 28.2. The molecular formula is C8H14N4O. The first-order valence-electron chi connectivity index (χ1n) is 4.48. The van der Waals surface area contributed by atoms with Crippen LogP contribution in [0, 0.1) is 0 Å². The molecule has 5 heteroatoms. The van der Waals surface area contributed by atoms with Crippen molar-refractivity contribution >= 4 is 5.95 Å². The standard InChI is InChI=1S/C8H14N4O/c1-5-3-4-6(13-5)7-10-8(9)12(2)11-7/h5-6H,3-4H2,1-2H3,(H2,9,10,11). The van der Waals surface area contributed by atoms with Crippen LogP contribution in [0.5, 0.6) is 0 Å². The highest BCUT2D eigenvalue weighted by Crippen LogP contribution is 2.30. The van der Waals surface area contributed by atoms with E-state index in [9.17, 15) is 0 Å². The van der Waals surface area contributed by atoms with Gasteiger partial charge in [0, 0.05) is 7.05 Å². The van der Waals surface area contributed by atoms with E-state index in [1.54, 1.807) is 11.7 Å². The predicted molar refractivity (Wildman–Crippen MR) is 47.9 cm³/mol. The zero-order valence-electron chi connectivity index (χ0n) is 7.90. The number of rotatable bonds is 1. The summed E-state index contributed by atoms with van der Waals surface area (Å²) in [4.78, 5) is 4.13. The topological polar surface area (TPSA) is 66.0 Å². The minimum absolute atomic E-state index is 0.0403. The van der Waals surface area contributed by atoms with Gasteiger partial charge < -0.3 is 10.5 Å². The second kappa shape index (κ2) is 2.99. The summed E-state index contributed by atoms with van der Waals surface area (Å²) in [6.07, 6.45) is 2.42. The van der Waals surface area contributed by atoms with Gasteiger partial charge >= 0.3 is 0 Å². The third-order valence-electron chi connectivity index (χ3n) is 2.33. The summed E-state index contributed by atoms with van der Waals surface area (Å²) in [5.74, 6) is 1.16. The van der Waals surface area contributed by atoms with Crippen LogP contribution in [-0.4, -0.2) is 20.9 Å². The number of hydrogen-bond donors (Lipinski definition) is 1. The summed E-state index contributed by atoms with van der Waals surface area (Å²) in [6, 6.07) is 0. The molecule has 2 atom stereocenters. The summed E-state index contributed by atoms with van der Waals surface area (Å²) >= 11 is 0. The maximum Gasteiger partial charge on any atom is 0.218 e. The predicted octanol–water partition coefficient (Wildman–Crippen LogP) is 0.637. The minimum atomic E-state index is 0.0403. The Kier molecular flexibility index (Phi) is 1.95. The lowest BCUT2D eigenvalue weighted by atomic mass is 10.2. The van der Waals surface area contributed by atoms with E-state index in [0.29, 0.717) is 17.9 Å². The van der Waals surface area contributed by atoms with Gasteiger partial charge in [-0.1, -0.05) is 0 Å². The first-order valence-corrected chi connectivity index (χ1v) is 4.48. The van der Waals surface area contributed by atoms with Crippen molar-refractivity contribution in [2.75, 3.05) is 5.73 Å². The van der Waals surface area contributed by atoms with E-state index in [4.69, 9.17) is 10.5 Å². The lowest BCUT2D eigenvalue weighted by Crippen LogP contribution is -2.03. The molecule has 0 amide bonds. The molecule has 13 heavy (non-hydrogen) atoms. The average molecular weight is 182 g/mol. The Bertz CT molecular complexity index is 290. The molecule has 2 unspecified atom stereocenters. The number of nitrogens with two attached hydrogens (primary N) is 1. The monoisotopic (exact) mass is 182 g/mol. The van der Waals surface area contributed by atoms with Crippen LogP contribution in [-0.2, 0) is 11.8 Å². The molecule has 1 aliphatic heterocycles. The molecule has 0 aliphatic carbocycles. The van der Waals surface area contributed by atoms with Crippen LogP contribution < -0.4 is 5.73 Å². The zero-order valence-corrected chi connectivity index (χ0v) is 7.90. The van der Waals surface area contributed by atoms with Gasteiger partial charge in [0.1, 0.15) is 6.10 Å². The molecule has 0 aromatic carbocycles. The fourth-order valence-electron chi connectivity index (χ4n) is 1.55. The van der Waals surface area contributed by atoms with Crippen molar-refractivity contribution in [1.29, 1.82) is 0 Å². The molecule has 0 bridgehead atoms. The average Bonchev–Trinajstić information content (AvgIpc) is 2.61. The van der Waals surface area contributed by atoms with Gasteiger partial charge in [-0.25, -0.2) is 4.68 Å². The van der Waals surface area contributed by atoms with Crippen molar-refractivity contribution in [3.8, 4) is 0 Å². The van der Waals surface area contributed by atoms with E-state index in [0.717, 1.165) is 12.8 Å². The van der Waals surface area contributed by atoms with Crippen molar-refractivity contribution < 1.29 is 4.74 Å². The van der Waals surface area contributed by atoms with Gasteiger partial charge in [0.25, 0.3) is 0 Å². The van der Waals surface area contributed by atoms with Gasteiger partial charge in [-0.05, 0) is 19.8 Å². The largest absolute Gasteiger partial charge is 0.368 e. The number of nitrogen functional groups attached to an aromatic ring is 1. The Hall–Kier alpha value is -1.10. The molecule has 5 nitrogen and oxygen atoms in total. The number of nitrogens with zero attached hydrogens (tertiary/aromatic N) is 3. The van der Waals surface area contributed by atoms with E-state index < -0.39 is 0 Å². The van der Waals surface area contributed by atoms with E-state index in [2.05, 4.69) is 17.0 Å². The zero-order chi connectivity index (χ0) is 9.42. The SMILES string of the molecule is CC1CCC(c2nc(N)n(C)n2)O1. The van der Waals surface area contributed by atoms with Crippen molar-refractivity contribution in [3.63, 3.8) is 0 Å². The molecule has 1 aromatic heterocycles. The van der Waals surface area contributed by atoms with Crippen LogP contribution in [0.25, 0.3) is 0 Å². The Labute approximate surface area is 76.9 Å². The van der Waals surface area contributed by atoms with E-state index in [1.807, 2.05) is 0 Å². The molecule has 0 saturated carbocycles. The summed E-state index contributed by atoms with van der Waals surface area (Å²) in [7, 11) is 1.78. The Morgan fingerprint density at radius 2 is 2.31 bits per heavy atom. The Morgan fingerprint density at radius 1 is 1.54 bits per heavy atom. The van der Waals surface area contributed by atoms with Crippen LogP contribution in [0.3, 0.4) is 0 Å². The third-order valence-corrected chi connectivity index (χ3v) is 2.33. The molecule has 72 valence electrons. The van der Waals surface area contributed by atoms with Crippen molar-refractivity contribution in [2.45, 2.75) is 32.0 Å². The lowest BCUT2D eigenvalue weighted by Gasteiger charge is -2.05. The third kappa shape index (κ3) is 1.51. The van der Waals surface area contributed by atoms with Gasteiger partial charge in [-0.2, -0.15) is 10.1 Å². The van der Waals surface area contributed by atoms with Gasteiger partial charge in [0.05, 0.1) is 6.10 Å². The van der Waals surface area contributed by atoms with E-state index >= 15 is 0 Å². The number of aromatic nitrogens is 3. The number of anilines is 1. The fourth-order valence-corrected chi connectivity index (χ4v) is 1.55. The lowest BCUT2D eigenvalue weighted by molar-refractivity contribution is 0.0503. The van der Waals surface area contributed by atoms with Crippen LogP contribution in [0.15, 0.2) is 0 Å². The van der Waals surface area contributed by atoms with Crippen molar-refractivity contribution in [2.24, 2.45) is 7.05 Å². The van der Waals surface area contributed by atoms with Gasteiger partial charge in [0.15, 0.2) is 5.82 Å². The van der Waals surface area contributed by atoms with Crippen LogP contribution in [0.4, 0.5) is 5.95 Å². The summed E-state index contributed by atoms with van der Waals surface area (Å²) < 4.78 is 7.19. The summed E-state index contributed by atoms with van der Waals surface area (Å²) in [5.41, 5.74) is 5.58. The van der Waals surface area contributed by atoms with Crippen LogP contribution >= 0.6 is 0 Å². The van der Waals surface area contributed by atoms with Crippen LogP contribution in [0.1, 0.15) is 31.7 Å². The molecule has 1 saturated heterocycles. The molecule has 2 N–H and O–H groups in total. The van der Waals surface area contributed by atoms with Crippen molar-refractivity contribution in [3.05, 3.63) is 5.82 Å². The van der Waals surface area contributed by atoms with Gasteiger partial charge in [-0.3, -0.25) is 0 Å². The second-order valence-corrected chi connectivity index (χ2v) is 3.46. The maximum absolute atomic E-state index is 5.62. The summed E-state index contributed by atoms with van der Waals surface area (Å²) in [5, 5.41) is 4.18. The highest BCUT2D eigenvalue weighted by molar-refractivity contribution is 5.16. The molecule has 0 radical (unpaired) electrons. The smallest absolute Gasteiger partial charge is 0.218 e. The van der Waals surface area contributed by atoms with Crippen LogP contribution in [0.2, 0.25) is 0 Å². The highest BCUT2D eigenvalue weighted by Gasteiger charge is 2.26. The number of hydrogen-bond acceptors (Lipinski definition) is 4. The fraction of sp³-hybridized carbons (Fsp3) is 0.750. The minimum Gasteiger partial charge on any atom is -0.368 e. The molecule has 0 spiro atoms. The molecule has 2 heterocycles. The molecule has 1 aromatic rings. The quantitative estimate of drug-likeness (QED) is 0.692. The number of aryl methyl sites for hydroxylation is 1. The van der Waals surface area contributed by atoms with Gasteiger partial charge in [-0.15, -0.1) is 0 Å². The van der Waals surface area contributed by atoms with E-state index in [-0.39, 0.29) is 6.10 Å². The van der Waals surface area contributed by atoms with E-state index in [1.165, 1.54) is 0 Å². The van der Waals surface area contributed by atoms with Crippen molar-refractivity contribution in [1.82, 2.24) is 14.8 Å². The highest BCUT2D eigenvalue weighted by atomic mass is 16.5. The molecule has 1 fully saturated rings. The maximum atomic E-state index is 5.62. The Morgan fingerprint density at radius 3 is 2.77 bits per heavy atom. The first-order chi connectivity index (χ1) is 6.16. The summed E-state index contributed by atoms with van der Waals surface area (Å²) in [6.45, 7) is 2.06. The molecule has 2 rings (SSSR count). The first kappa shape index (κ1) is 8.50. The molecular weight excluding hydrogens is 168 g/mol. The molecule has 1 aliphatic rings. The Balaban J connectivity index is 2.17.